The van der Waals surface area contributed by atoms with Crippen molar-refractivity contribution in [1.82, 2.24) is 0 Å². The first-order chi connectivity index (χ1) is 6.24. The molecule has 0 heterocycles. The van der Waals surface area contributed by atoms with E-state index in [2.05, 4.69) is 33.4 Å². The molecule has 78 valence electrons. The molecule has 0 nitrogen and oxygen atoms in total. The molecule has 0 aromatic rings. The maximum absolute atomic E-state index is 3.85. The maximum Gasteiger partial charge on any atom is -0.0262 e. The van der Waals surface area contributed by atoms with Crippen LogP contribution in [-0.4, -0.2) is 0 Å². The van der Waals surface area contributed by atoms with Crippen LogP contribution < -0.4 is 0 Å². The van der Waals surface area contributed by atoms with E-state index in [0.29, 0.717) is 5.92 Å². The summed E-state index contributed by atoms with van der Waals surface area (Å²) < 4.78 is 0. The summed E-state index contributed by atoms with van der Waals surface area (Å²) in [5.41, 5.74) is 0. The molecule has 0 rings (SSSR count). The van der Waals surface area contributed by atoms with Crippen molar-refractivity contribution in [1.29, 1.82) is 0 Å². The van der Waals surface area contributed by atoms with Gasteiger partial charge in [0.05, 0.1) is 0 Å². The summed E-state index contributed by atoms with van der Waals surface area (Å²) in [7, 11) is 0. The maximum atomic E-state index is 3.85. The normalized spacial score (nSPS) is 15.3. The summed E-state index contributed by atoms with van der Waals surface area (Å²) in [6.07, 6.45) is 10.3. The lowest BCUT2D eigenvalue weighted by Gasteiger charge is -2.18. The van der Waals surface area contributed by atoms with Gasteiger partial charge in [-0.1, -0.05) is 59.0 Å². The van der Waals surface area contributed by atoms with Crippen molar-refractivity contribution in [3.63, 3.8) is 0 Å². The molecule has 0 N–H and O–H groups in total. The minimum atomic E-state index is 0.702. The third kappa shape index (κ3) is 6.86. The Morgan fingerprint density at radius 1 is 1.15 bits per heavy atom. The smallest absolute Gasteiger partial charge is 0.0262 e. The highest BCUT2D eigenvalue weighted by atomic mass is 14.1. The van der Waals surface area contributed by atoms with Gasteiger partial charge >= 0.3 is 0 Å². The second-order valence-corrected chi connectivity index (χ2v) is 4.25. The highest BCUT2D eigenvalue weighted by Crippen LogP contribution is 2.23. The molecule has 0 amide bonds. The summed E-state index contributed by atoms with van der Waals surface area (Å²) in [4.78, 5) is 0. The monoisotopic (exact) mass is 182 g/mol. The number of rotatable bonds is 8. The average molecular weight is 182 g/mol. The van der Waals surface area contributed by atoms with E-state index >= 15 is 0 Å². The number of allylic oxidation sites excluding steroid dienone is 1. The van der Waals surface area contributed by atoms with Gasteiger partial charge in [-0.05, 0) is 18.3 Å². The summed E-state index contributed by atoms with van der Waals surface area (Å²) >= 11 is 0. The Morgan fingerprint density at radius 3 is 2.31 bits per heavy atom. The standard InChI is InChI=1S/C13H26/c1-5-8-10-13(9-6-2)11-12(4)7-3/h7,12-13H,3,5-6,8-11H2,1-2,4H3. The molecule has 0 radical (unpaired) electrons. The van der Waals surface area contributed by atoms with Crippen molar-refractivity contribution >= 4 is 0 Å². The summed E-state index contributed by atoms with van der Waals surface area (Å²) in [6, 6.07) is 0. The number of hydrogen-bond donors (Lipinski definition) is 0. The number of hydrogen-bond acceptors (Lipinski definition) is 0. The van der Waals surface area contributed by atoms with E-state index in [1.54, 1.807) is 0 Å². The van der Waals surface area contributed by atoms with Crippen molar-refractivity contribution in [2.45, 2.75) is 59.3 Å². The quantitative estimate of drug-likeness (QED) is 0.473. The van der Waals surface area contributed by atoms with Crippen LogP contribution >= 0.6 is 0 Å². The zero-order valence-corrected chi connectivity index (χ0v) is 9.68. The Morgan fingerprint density at radius 2 is 1.85 bits per heavy atom. The fourth-order valence-corrected chi connectivity index (χ4v) is 1.90. The largest absolute Gasteiger partial charge is 0.103 e. The molecule has 2 unspecified atom stereocenters. The molecule has 0 spiro atoms. The van der Waals surface area contributed by atoms with Gasteiger partial charge in [0.15, 0.2) is 0 Å². The third-order valence-corrected chi connectivity index (χ3v) is 2.77. The number of unbranched alkanes of at least 4 members (excludes halogenated alkanes) is 1. The molecule has 13 heavy (non-hydrogen) atoms. The van der Waals surface area contributed by atoms with Gasteiger partial charge < -0.3 is 0 Å². The lowest BCUT2D eigenvalue weighted by molar-refractivity contribution is 0.368. The first-order valence-corrected chi connectivity index (χ1v) is 5.87. The van der Waals surface area contributed by atoms with E-state index in [4.69, 9.17) is 0 Å². The van der Waals surface area contributed by atoms with Crippen LogP contribution in [0.2, 0.25) is 0 Å². The molecule has 0 aromatic carbocycles. The lowest BCUT2D eigenvalue weighted by atomic mass is 9.88. The molecule has 0 saturated carbocycles. The van der Waals surface area contributed by atoms with E-state index < -0.39 is 0 Å². The summed E-state index contributed by atoms with van der Waals surface area (Å²) in [6.45, 7) is 10.7. The molecule has 0 aliphatic rings. The van der Waals surface area contributed by atoms with Crippen LogP contribution in [0.5, 0.6) is 0 Å². The molecule has 0 aliphatic heterocycles. The topological polar surface area (TPSA) is 0 Å². The average Bonchev–Trinajstić information content (AvgIpc) is 2.14. The fraction of sp³-hybridized carbons (Fsp3) is 0.846. The molecule has 0 heteroatoms. The van der Waals surface area contributed by atoms with Crippen LogP contribution in [0.3, 0.4) is 0 Å². The molecule has 0 bridgehead atoms. The molecule has 0 aromatic heterocycles. The SMILES string of the molecule is C=CC(C)CC(CCC)CCCC. The van der Waals surface area contributed by atoms with E-state index in [0.717, 1.165) is 5.92 Å². The van der Waals surface area contributed by atoms with Gasteiger partial charge in [-0.2, -0.15) is 0 Å². The van der Waals surface area contributed by atoms with Crippen LogP contribution in [-0.2, 0) is 0 Å². The van der Waals surface area contributed by atoms with E-state index in [1.807, 2.05) is 0 Å². The van der Waals surface area contributed by atoms with Crippen molar-refractivity contribution in [3.8, 4) is 0 Å². The molecule has 2 atom stereocenters. The van der Waals surface area contributed by atoms with Crippen LogP contribution in [0.15, 0.2) is 12.7 Å². The van der Waals surface area contributed by atoms with Crippen LogP contribution in [0.1, 0.15) is 59.3 Å². The van der Waals surface area contributed by atoms with Crippen LogP contribution in [0.25, 0.3) is 0 Å². The highest BCUT2D eigenvalue weighted by Gasteiger charge is 2.09. The second kappa shape index (κ2) is 8.34. The Hall–Kier alpha value is -0.260. The predicted molar refractivity (Wildman–Crippen MR) is 61.9 cm³/mol. The third-order valence-electron chi connectivity index (χ3n) is 2.77. The van der Waals surface area contributed by atoms with Gasteiger partial charge in [-0.25, -0.2) is 0 Å². The molecular formula is C13H26. The Balaban J connectivity index is 3.71. The van der Waals surface area contributed by atoms with Gasteiger partial charge in [-0.15, -0.1) is 6.58 Å². The van der Waals surface area contributed by atoms with Crippen molar-refractivity contribution in [3.05, 3.63) is 12.7 Å². The first kappa shape index (κ1) is 12.7. The van der Waals surface area contributed by atoms with E-state index in [1.165, 1.54) is 38.5 Å². The summed E-state index contributed by atoms with van der Waals surface area (Å²) in [5, 5.41) is 0. The highest BCUT2D eigenvalue weighted by molar-refractivity contribution is 4.77. The van der Waals surface area contributed by atoms with E-state index in [-0.39, 0.29) is 0 Å². The molecule has 0 fully saturated rings. The predicted octanol–water partition coefficient (Wildman–Crippen LogP) is 4.81. The van der Waals surface area contributed by atoms with Gasteiger partial charge in [0.1, 0.15) is 0 Å². The zero-order valence-electron chi connectivity index (χ0n) is 9.68. The lowest BCUT2D eigenvalue weighted by Crippen LogP contribution is -2.04. The molecule has 0 aliphatic carbocycles. The first-order valence-electron chi connectivity index (χ1n) is 5.87. The Bertz CT molecular complexity index is 115. The minimum Gasteiger partial charge on any atom is -0.103 e. The summed E-state index contributed by atoms with van der Waals surface area (Å²) in [5.74, 6) is 1.64. The molecular weight excluding hydrogens is 156 g/mol. The molecule has 0 saturated heterocycles. The van der Waals surface area contributed by atoms with Crippen LogP contribution in [0.4, 0.5) is 0 Å². The van der Waals surface area contributed by atoms with Crippen molar-refractivity contribution in [2.24, 2.45) is 11.8 Å². The van der Waals surface area contributed by atoms with Crippen molar-refractivity contribution in [2.75, 3.05) is 0 Å². The van der Waals surface area contributed by atoms with E-state index in [9.17, 15) is 0 Å². The van der Waals surface area contributed by atoms with Crippen molar-refractivity contribution < 1.29 is 0 Å². The minimum absolute atomic E-state index is 0.702. The van der Waals surface area contributed by atoms with Gasteiger partial charge in [-0.3, -0.25) is 0 Å². The second-order valence-electron chi connectivity index (χ2n) is 4.25. The Labute approximate surface area is 84.4 Å². The van der Waals surface area contributed by atoms with Gasteiger partial charge in [0.25, 0.3) is 0 Å². The van der Waals surface area contributed by atoms with Gasteiger partial charge in [0, 0.05) is 0 Å². The van der Waals surface area contributed by atoms with Crippen LogP contribution in [0, 0.1) is 11.8 Å². The zero-order chi connectivity index (χ0) is 10.1. The Kier molecular flexibility index (Phi) is 8.18. The van der Waals surface area contributed by atoms with Gasteiger partial charge in [0.2, 0.25) is 0 Å². The fourth-order valence-electron chi connectivity index (χ4n) is 1.90.